The van der Waals surface area contributed by atoms with Gasteiger partial charge in [-0.25, -0.2) is 0 Å². The second kappa shape index (κ2) is 13.7. The van der Waals surface area contributed by atoms with E-state index in [1.54, 1.807) is 0 Å². The van der Waals surface area contributed by atoms with Crippen molar-refractivity contribution in [2.75, 3.05) is 5.32 Å². The number of alkyl halides is 9. The lowest BCUT2D eigenvalue weighted by Crippen LogP contribution is -2.18. The minimum absolute atomic E-state index is 0.0404. The maximum absolute atomic E-state index is 13.7. The quantitative estimate of drug-likeness (QED) is 0.204. The molecule has 0 aliphatic rings. The van der Waals surface area contributed by atoms with Gasteiger partial charge in [-0.3, -0.25) is 4.79 Å². The van der Waals surface area contributed by atoms with E-state index in [1.807, 2.05) is 27.7 Å². The largest absolute Gasteiger partial charge is 0.481 e. The smallest absolute Gasteiger partial charge is 0.416 e. The molecule has 3 aromatic carbocycles. The molecule has 0 saturated carbocycles. The molecule has 0 fully saturated rings. The van der Waals surface area contributed by atoms with Gasteiger partial charge >= 0.3 is 24.5 Å². The number of rotatable bonds is 11. The second-order valence-electron chi connectivity index (χ2n) is 11.9. The van der Waals surface area contributed by atoms with Crippen molar-refractivity contribution in [3.8, 4) is 11.1 Å². The van der Waals surface area contributed by atoms with Gasteiger partial charge in [0, 0.05) is 5.69 Å². The third kappa shape index (κ3) is 9.89. The number of carboxylic acids is 1. The maximum atomic E-state index is 13.7. The minimum Gasteiger partial charge on any atom is -0.481 e. The highest BCUT2D eigenvalue weighted by molar-refractivity contribution is 5.79. The molecule has 3 nitrogen and oxygen atoms in total. The van der Waals surface area contributed by atoms with E-state index in [4.69, 9.17) is 0 Å². The lowest BCUT2D eigenvalue weighted by atomic mass is 9.87. The van der Waals surface area contributed by atoms with Crippen molar-refractivity contribution >= 4 is 11.7 Å². The molecule has 2 atom stereocenters. The average molecular weight is 648 g/mol. The van der Waals surface area contributed by atoms with Gasteiger partial charge in [-0.2, -0.15) is 39.5 Å². The van der Waals surface area contributed by atoms with Gasteiger partial charge in [0.1, 0.15) is 0 Å². The highest BCUT2D eigenvalue weighted by Gasteiger charge is 2.38. The number of anilines is 1. The highest BCUT2D eigenvalue weighted by Crippen LogP contribution is 2.40. The summed E-state index contributed by atoms with van der Waals surface area (Å²) in [6.45, 7) is 7.30. The molecule has 3 aromatic rings. The number of halogens is 9. The van der Waals surface area contributed by atoms with Crippen LogP contribution in [0.4, 0.5) is 45.2 Å². The molecule has 0 radical (unpaired) electrons. The second-order valence-corrected chi connectivity index (χ2v) is 11.9. The molecule has 0 saturated heterocycles. The number of hydrogen-bond acceptors (Lipinski definition) is 2. The van der Waals surface area contributed by atoms with Crippen LogP contribution in [0.2, 0.25) is 0 Å². The van der Waals surface area contributed by atoms with Crippen molar-refractivity contribution < 1.29 is 49.4 Å². The Labute approximate surface area is 255 Å². The number of aliphatic carboxylic acids is 1. The zero-order valence-electron chi connectivity index (χ0n) is 25.0. The maximum Gasteiger partial charge on any atom is 0.416 e. The fraction of sp³-hybridized carbons (Fsp3) is 0.424. The summed E-state index contributed by atoms with van der Waals surface area (Å²) in [6, 6.07) is 8.94. The van der Waals surface area contributed by atoms with Gasteiger partial charge in [0.2, 0.25) is 0 Å². The summed E-state index contributed by atoms with van der Waals surface area (Å²) in [7, 11) is 0. The predicted octanol–water partition coefficient (Wildman–Crippen LogP) is 11.2. The van der Waals surface area contributed by atoms with Crippen LogP contribution in [0.3, 0.4) is 0 Å². The monoisotopic (exact) mass is 647 g/mol. The van der Waals surface area contributed by atoms with E-state index in [0.717, 1.165) is 12.1 Å². The molecule has 0 heterocycles. The van der Waals surface area contributed by atoms with Crippen LogP contribution in [0.5, 0.6) is 0 Å². The van der Waals surface area contributed by atoms with Crippen molar-refractivity contribution in [2.45, 2.75) is 77.4 Å². The summed E-state index contributed by atoms with van der Waals surface area (Å²) < 4.78 is 122. The Balaban J connectivity index is 2.21. The van der Waals surface area contributed by atoms with Crippen LogP contribution in [0.25, 0.3) is 11.1 Å². The lowest BCUT2D eigenvalue weighted by Gasteiger charge is -2.25. The summed E-state index contributed by atoms with van der Waals surface area (Å²) in [5.41, 5.74) is -3.01. The Morgan fingerprint density at radius 2 is 1.18 bits per heavy atom. The number of carbonyl (C=O) groups is 1. The topological polar surface area (TPSA) is 49.3 Å². The molecule has 2 unspecified atom stereocenters. The zero-order chi connectivity index (χ0) is 33.9. The van der Waals surface area contributed by atoms with Crippen LogP contribution in [-0.2, 0) is 23.3 Å². The Morgan fingerprint density at radius 1 is 0.644 bits per heavy atom. The van der Waals surface area contributed by atoms with Gasteiger partial charge in [0.25, 0.3) is 0 Å². The molecule has 2 N–H and O–H groups in total. The summed E-state index contributed by atoms with van der Waals surface area (Å²) >= 11 is 0. The molecule has 0 amide bonds. The van der Waals surface area contributed by atoms with Crippen LogP contribution in [0.1, 0.15) is 86.7 Å². The molecular formula is C33H34F9NO2. The molecular weight excluding hydrogens is 613 g/mol. The molecule has 246 valence electrons. The van der Waals surface area contributed by atoms with Gasteiger partial charge in [-0.05, 0) is 95.8 Å². The van der Waals surface area contributed by atoms with Crippen molar-refractivity contribution in [3.63, 3.8) is 0 Å². The molecule has 12 heteroatoms. The number of hydrogen-bond donors (Lipinski definition) is 2. The van der Waals surface area contributed by atoms with E-state index in [1.165, 1.54) is 30.3 Å². The Morgan fingerprint density at radius 3 is 1.62 bits per heavy atom. The van der Waals surface area contributed by atoms with E-state index < -0.39 is 53.1 Å². The van der Waals surface area contributed by atoms with Crippen LogP contribution in [0.15, 0.2) is 60.7 Å². The van der Waals surface area contributed by atoms with Gasteiger partial charge in [0.05, 0.1) is 28.7 Å². The lowest BCUT2D eigenvalue weighted by molar-refractivity contribution is -0.143. The number of carboxylic acid groups (broad SMARTS) is 1. The van der Waals surface area contributed by atoms with E-state index in [0.29, 0.717) is 29.7 Å². The molecule has 0 aliphatic carbocycles. The predicted molar refractivity (Wildman–Crippen MR) is 154 cm³/mol. The number of nitrogens with one attached hydrogen (secondary N) is 1. The third-order valence-corrected chi connectivity index (χ3v) is 7.29. The minimum atomic E-state index is -5.06. The normalized spacial score (nSPS) is 14.1. The summed E-state index contributed by atoms with van der Waals surface area (Å²) in [5.74, 6) is -2.23. The highest BCUT2D eigenvalue weighted by atomic mass is 19.4. The first-order chi connectivity index (χ1) is 20.6. The van der Waals surface area contributed by atoms with Gasteiger partial charge < -0.3 is 10.4 Å². The van der Waals surface area contributed by atoms with Crippen molar-refractivity contribution in [2.24, 2.45) is 11.8 Å². The summed E-state index contributed by atoms with van der Waals surface area (Å²) in [5, 5.41) is 13.0. The van der Waals surface area contributed by atoms with Crippen LogP contribution in [0, 0.1) is 11.8 Å². The van der Waals surface area contributed by atoms with Crippen LogP contribution >= 0.6 is 0 Å². The first kappa shape index (κ1) is 35.8. The zero-order valence-corrected chi connectivity index (χ0v) is 25.0. The van der Waals surface area contributed by atoms with Gasteiger partial charge in [0.15, 0.2) is 0 Å². The standard InChI is InChI=1S/C33H34F9NO2/c1-18(2)5-10-29(23-13-25(32(37,38)39)17-26(14-23)33(40,41)42)43-27-15-21(20-6-8-24(9-7-20)31(34,35)36)12-22(16-27)28(30(44)45)11-19(3)4/h6-9,12-19,28-29,43H,5,10-11H2,1-4H3,(H,44,45). The van der Waals surface area contributed by atoms with Gasteiger partial charge in [-0.15, -0.1) is 0 Å². The summed E-state index contributed by atoms with van der Waals surface area (Å²) in [4.78, 5) is 12.3. The molecule has 3 rings (SSSR count). The SMILES string of the molecule is CC(C)CCC(Nc1cc(-c2ccc(C(F)(F)F)cc2)cc(C(CC(C)C)C(=O)O)c1)c1cc(C(F)(F)F)cc(C(F)(F)F)c1. The van der Waals surface area contributed by atoms with E-state index >= 15 is 0 Å². The van der Waals surface area contributed by atoms with Crippen molar-refractivity contribution in [3.05, 3.63) is 88.5 Å². The number of benzene rings is 3. The molecule has 0 spiro atoms. The molecule has 45 heavy (non-hydrogen) atoms. The fourth-order valence-corrected chi connectivity index (χ4v) is 5.01. The Bertz CT molecular complexity index is 1420. The first-order valence-electron chi connectivity index (χ1n) is 14.3. The van der Waals surface area contributed by atoms with E-state index in [-0.39, 0.29) is 47.6 Å². The molecule has 0 bridgehead atoms. The van der Waals surface area contributed by atoms with E-state index in [2.05, 4.69) is 5.32 Å². The molecule has 0 aliphatic heterocycles. The third-order valence-electron chi connectivity index (χ3n) is 7.29. The Hall–Kier alpha value is -3.70. The molecule has 0 aromatic heterocycles. The summed E-state index contributed by atoms with van der Waals surface area (Å²) in [6.07, 6.45) is -14.0. The van der Waals surface area contributed by atoms with Crippen molar-refractivity contribution in [1.29, 1.82) is 0 Å². The first-order valence-corrected chi connectivity index (χ1v) is 14.3. The van der Waals surface area contributed by atoms with Crippen molar-refractivity contribution in [1.82, 2.24) is 0 Å². The average Bonchev–Trinajstić information content (AvgIpc) is 2.92. The fourth-order valence-electron chi connectivity index (χ4n) is 5.01. The van der Waals surface area contributed by atoms with Gasteiger partial charge in [-0.1, -0.05) is 45.9 Å². The van der Waals surface area contributed by atoms with Crippen LogP contribution in [-0.4, -0.2) is 11.1 Å². The van der Waals surface area contributed by atoms with Crippen LogP contribution < -0.4 is 5.32 Å². The van der Waals surface area contributed by atoms with E-state index in [9.17, 15) is 49.4 Å². The Kier molecular flexibility index (Phi) is 10.9.